The summed E-state index contributed by atoms with van der Waals surface area (Å²) in [4.78, 5) is 48.3. The van der Waals surface area contributed by atoms with E-state index in [4.69, 9.17) is 10.5 Å². The number of carbonyl (C=O) groups excluding carboxylic acids is 4. The molecule has 1 radical (unpaired) electrons. The zero-order chi connectivity index (χ0) is 41.6. The first-order chi connectivity index (χ1) is 26.1. The summed E-state index contributed by atoms with van der Waals surface area (Å²) in [7, 11) is 2.68. The Morgan fingerprint density at radius 2 is 1.23 bits per heavy atom. The van der Waals surface area contributed by atoms with Crippen LogP contribution in [-0.2, 0) is 66.8 Å². The number of Topliss-reactive ketones (excluding diaryl/α,β-unsaturated/α-hetero) is 1. The monoisotopic (exact) mass is 802 g/mol. The van der Waals surface area contributed by atoms with E-state index in [1.54, 1.807) is 0 Å². The fourth-order valence-electron chi connectivity index (χ4n) is 4.51. The molecule has 1 aliphatic heterocycles. The van der Waals surface area contributed by atoms with Crippen molar-refractivity contribution in [1.29, 1.82) is 0 Å². The third-order valence-corrected chi connectivity index (χ3v) is 7.42. The molecule has 0 bridgehead atoms. The predicted octanol–water partition coefficient (Wildman–Crippen LogP) is 9.15. The molecule has 56 heavy (non-hydrogen) atoms. The van der Waals surface area contributed by atoms with E-state index in [2.05, 4.69) is 65.0 Å². The Hall–Kier alpha value is -5.09. The van der Waals surface area contributed by atoms with Gasteiger partial charge in [0.15, 0.2) is 0 Å². The maximum Gasteiger partial charge on any atom is 0.336 e. The van der Waals surface area contributed by atoms with Crippen molar-refractivity contribution in [2.24, 2.45) is 16.1 Å². The first-order valence-corrected chi connectivity index (χ1v) is 18.0. The second-order valence-electron chi connectivity index (χ2n) is 13.3. The standard InChI is InChI=1S/C17H21NO2.C12H15N.C7H9N.C5H8O3.C5H8O.V/c1-13-15(16(19)20-4)17(2,3)10-11-18(13)12-14-8-6-5-7-9-14;1-11(2)8-9-13-10-12-6-4-3-5-7-12;8-6-7-4-2-1-3-5-7;1-4(6)3-5(7)8-2;1-5(2)3-4-6;/h5-11H,12H2,1-4H3;3-9H,10H2,1-2H3;1-5H,6,8H2;3H2,1-2H3;3-4H,1-2H3;. The smallest absolute Gasteiger partial charge is 0.336 e. The van der Waals surface area contributed by atoms with E-state index < -0.39 is 5.97 Å². The summed E-state index contributed by atoms with van der Waals surface area (Å²) in [6.45, 7) is 17.4. The number of aliphatic imine (C=N–C) groups is 1. The van der Waals surface area contributed by atoms with Crippen LogP contribution in [0.4, 0.5) is 0 Å². The van der Waals surface area contributed by atoms with Crippen LogP contribution in [0.25, 0.3) is 0 Å². The summed E-state index contributed by atoms with van der Waals surface area (Å²) in [5.74, 6) is -0.899. The van der Waals surface area contributed by atoms with Crippen molar-refractivity contribution >= 4 is 30.2 Å². The van der Waals surface area contributed by atoms with Crippen molar-refractivity contribution in [2.75, 3.05) is 14.2 Å². The van der Waals surface area contributed by atoms with Crippen LogP contribution in [0.1, 0.15) is 78.5 Å². The first kappa shape index (κ1) is 53.0. The summed E-state index contributed by atoms with van der Waals surface area (Å²) in [5, 5.41) is 0. The van der Waals surface area contributed by atoms with Crippen molar-refractivity contribution in [1.82, 2.24) is 4.90 Å². The molecular formula is C46H61N3O6V. The number of methoxy groups -OCH3 is 2. The molecule has 0 amide bonds. The van der Waals surface area contributed by atoms with Crippen molar-refractivity contribution < 1.29 is 47.2 Å². The number of benzene rings is 3. The fourth-order valence-corrected chi connectivity index (χ4v) is 4.51. The molecule has 0 saturated carbocycles. The minimum absolute atomic E-state index is 0. The Labute approximate surface area is 347 Å². The normalized spacial score (nSPS) is 11.8. The van der Waals surface area contributed by atoms with Crippen molar-refractivity contribution in [3.05, 3.63) is 155 Å². The fraction of sp³-hybridized carbons (Fsp3) is 0.326. The second-order valence-corrected chi connectivity index (χ2v) is 13.3. The van der Waals surface area contributed by atoms with Gasteiger partial charge in [0, 0.05) is 55.2 Å². The number of allylic oxidation sites excluding steroid dienone is 6. The zero-order valence-electron chi connectivity index (χ0n) is 34.8. The molecule has 3 aromatic rings. The van der Waals surface area contributed by atoms with Gasteiger partial charge in [0.25, 0.3) is 0 Å². The number of hydrogen-bond donors (Lipinski definition) is 1. The third-order valence-electron chi connectivity index (χ3n) is 7.42. The number of esters is 2. The van der Waals surface area contributed by atoms with Crippen LogP contribution in [0, 0.1) is 5.41 Å². The van der Waals surface area contributed by atoms with Gasteiger partial charge in [-0.05, 0) is 70.4 Å². The average Bonchev–Trinajstić information content (AvgIpc) is 3.16. The molecule has 0 aromatic heterocycles. The Balaban J connectivity index is 0. The van der Waals surface area contributed by atoms with E-state index in [0.717, 1.165) is 36.2 Å². The number of ether oxygens (including phenoxy) is 2. The summed E-state index contributed by atoms with van der Waals surface area (Å²) >= 11 is 0. The van der Waals surface area contributed by atoms with Crippen LogP contribution < -0.4 is 5.73 Å². The van der Waals surface area contributed by atoms with Gasteiger partial charge >= 0.3 is 11.9 Å². The van der Waals surface area contributed by atoms with Gasteiger partial charge in [-0.1, -0.05) is 122 Å². The largest absolute Gasteiger partial charge is 0.469 e. The third kappa shape index (κ3) is 25.1. The quantitative estimate of drug-likeness (QED) is 0.0707. The number of nitrogens with two attached hydrogens (primary N) is 1. The summed E-state index contributed by atoms with van der Waals surface area (Å²) in [6, 6.07) is 30.4. The van der Waals surface area contributed by atoms with Crippen molar-refractivity contribution in [3.63, 3.8) is 0 Å². The van der Waals surface area contributed by atoms with E-state index in [0.29, 0.717) is 6.54 Å². The number of ketones is 1. The molecule has 301 valence electrons. The number of hydrogen-bond acceptors (Lipinski definition) is 9. The molecule has 0 atom stereocenters. The second kappa shape index (κ2) is 31.2. The van der Waals surface area contributed by atoms with Gasteiger partial charge in [-0.25, -0.2) is 4.79 Å². The Bertz CT molecular complexity index is 1720. The molecule has 2 N–H and O–H groups in total. The summed E-state index contributed by atoms with van der Waals surface area (Å²) in [6.07, 6.45) is 10.2. The van der Waals surface area contributed by atoms with Crippen molar-refractivity contribution in [2.45, 2.75) is 81.4 Å². The molecule has 10 heteroatoms. The van der Waals surface area contributed by atoms with E-state index in [1.807, 2.05) is 114 Å². The Kier molecular flexibility index (Phi) is 29.5. The molecule has 3 aromatic carbocycles. The predicted molar refractivity (Wildman–Crippen MR) is 225 cm³/mol. The molecule has 0 fully saturated rings. The molecule has 0 aliphatic carbocycles. The molecule has 0 saturated heterocycles. The van der Waals surface area contributed by atoms with Crippen LogP contribution in [0.2, 0.25) is 0 Å². The SMILES string of the molecule is CC(C)=CC=NCc1ccccc1.CC(C)=CC=O.COC(=O)C1=C(C)N(Cc2ccccc2)C=CC1(C)C.COC(=O)CC(C)=O.NCc1ccccc1.[V]. The molecule has 0 spiro atoms. The number of nitrogens with zero attached hydrogens (tertiary/aromatic N) is 2. The Morgan fingerprint density at radius 3 is 1.59 bits per heavy atom. The van der Waals surface area contributed by atoms with E-state index in [9.17, 15) is 19.2 Å². The van der Waals surface area contributed by atoms with E-state index in [1.165, 1.54) is 49.5 Å². The summed E-state index contributed by atoms with van der Waals surface area (Å²) < 4.78 is 9.14. The molecule has 0 unspecified atom stereocenters. The molecule has 4 rings (SSSR count). The van der Waals surface area contributed by atoms with Gasteiger partial charge in [0.2, 0.25) is 0 Å². The molecule has 1 heterocycles. The molecule has 1 aliphatic rings. The minimum atomic E-state index is -0.475. The first-order valence-electron chi connectivity index (χ1n) is 18.0. The van der Waals surface area contributed by atoms with Crippen LogP contribution in [-0.4, -0.2) is 49.3 Å². The average molecular weight is 803 g/mol. The van der Waals surface area contributed by atoms with E-state index in [-0.39, 0.29) is 42.1 Å². The Morgan fingerprint density at radius 1 is 0.750 bits per heavy atom. The van der Waals surface area contributed by atoms with Crippen LogP contribution >= 0.6 is 0 Å². The van der Waals surface area contributed by atoms with Crippen LogP contribution in [0.15, 0.2) is 143 Å². The van der Waals surface area contributed by atoms with Gasteiger partial charge < -0.3 is 20.1 Å². The van der Waals surface area contributed by atoms with Gasteiger partial charge in [-0.2, -0.15) is 0 Å². The number of rotatable bonds is 10. The number of aldehydes is 1. The topological polar surface area (TPSA) is 128 Å². The molecule has 9 nitrogen and oxygen atoms in total. The van der Waals surface area contributed by atoms with Gasteiger partial charge in [0.1, 0.15) is 18.5 Å². The molecular weight excluding hydrogens is 741 g/mol. The maximum atomic E-state index is 12.1. The number of carbonyl (C=O) groups is 4. The van der Waals surface area contributed by atoms with E-state index >= 15 is 0 Å². The minimum Gasteiger partial charge on any atom is -0.469 e. The van der Waals surface area contributed by atoms with Crippen LogP contribution in [0.5, 0.6) is 0 Å². The van der Waals surface area contributed by atoms with Crippen molar-refractivity contribution in [3.8, 4) is 0 Å². The summed E-state index contributed by atoms with van der Waals surface area (Å²) in [5.41, 5.74) is 12.7. The zero-order valence-corrected chi connectivity index (χ0v) is 36.2. The van der Waals surface area contributed by atoms with Gasteiger partial charge in [0.05, 0.1) is 26.3 Å². The van der Waals surface area contributed by atoms with Gasteiger partial charge in [-0.3, -0.25) is 19.4 Å². The maximum absolute atomic E-state index is 12.1. The van der Waals surface area contributed by atoms with Crippen LogP contribution in [0.3, 0.4) is 0 Å². The van der Waals surface area contributed by atoms with Gasteiger partial charge in [-0.15, -0.1) is 0 Å².